The number of carboxylic acids is 1. The predicted octanol–water partition coefficient (Wildman–Crippen LogP) is 3.92. The van der Waals surface area contributed by atoms with Crippen LogP contribution >= 0.6 is 31.9 Å². The molecule has 0 radical (unpaired) electrons. The summed E-state index contributed by atoms with van der Waals surface area (Å²) < 4.78 is 0. The molecule has 2 bridgehead atoms. The molecule has 2 aromatic carbocycles. The number of carbonyl (C=O) groups is 4. The second-order valence-corrected chi connectivity index (χ2v) is 10.5. The number of alkyl halides is 2. The van der Waals surface area contributed by atoms with Crippen molar-refractivity contribution < 1.29 is 24.3 Å². The van der Waals surface area contributed by atoms with E-state index in [0.29, 0.717) is 16.9 Å². The molecule has 7 nitrogen and oxygen atoms in total. The Kier molecular flexibility index (Phi) is 5.21. The lowest BCUT2D eigenvalue weighted by atomic mass is 9.81. The number of benzene rings is 2. The van der Waals surface area contributed by atoms with Gasteiger partial charge >= 0.3 is 5.97 Å². The first-order chi connectivity index (χ1) is 15.3. The summed E-state index contributed by atoms with van der Waals surface area (Å²) in [5, 5.41) is 11.7. The minimum absolute atomic E-state index is 0.128. The van der Waals surface area contributed by atoms with Crippen molar-refractivity contribution >= 4 is 66.9 Å². The number of carboxylic acid groups (broad SMARTS) is 1. The summed E-state index contributed by atoms with van der Waals surface area (Å²) in [5.41, 5.74) is 1.42. The first-order valence-electron chi connectivity index (χ1n) is 10.2. The largest absolute Gasteiger partial charge is 0.478 e. The minimum Gasteiger partial charge on any atom is -0.478 e. The molecule has 2 aliphatic carbocycles. The number of rotatable bonds is 4. The van der Waals surface area contributed by atoms with Gasteiger partial charge in [-0.3, -0.25) is 19.3 Å². The van der Waals surface area contributed by atoms with Crippen LogP contribution in [0.5, 0.6) is 0 Å². The molecule has 2 aromatic rings. The number of hydrogen-bond acceptors (Lipinski definition) is 4. The van der Waals surface area contributed by atoms with Crippen LogP contribution in [0.4, 0.5) is 11.4 Å². The highest BCUT2D eigenvalue weighted by Gasteiger charge is 2.66. The van der Waals surface area contributed by atoms with E-state index in [1.54, 1.807) is 24.3 Å². The monoisotopic (exact) mass is 560 g/mol. The average Bonchev–Trinajstić information content (AvgIpc) is 3.39. The summed E-state index contributed by atoms with van der Waals surface area (Å²) in [4.78, 5) is 51.3. The number of hydrogen-bond donors (Lipinski definition) is 2. The smallest absolute Gasteiger partial charge is 0.335 e. The third-order valence-corrected chi connectivity index (χ3v) is 9.97. The first kappa shape index (κ1) is 21.3. The van der Waals surface area contributed by atoms with Gasteiger partial charge in [0, 0.05) is 20.9 Å². The van der Waals surface area contributed by atoms with Crippen molar-refractivity contribution in [3.05, 3.63) is 59.7 Å². The van der Waals surface area contributed by atoms with E-state index in [1.807, 2.05) is 0 Å². The van der Waals surface area contributed by atoms with Crippen LogP contribution in [0.15, 0.2) is 48.5 Å². The van der Waals surface area contributed by atoms with Gasteiger partial charge in [0.15, 0.2) is 0 Å². The normalized spacial score (nSPS) is 30.5. The van der Waals surface area contributed by atoms with E-state index < -0.39 is 5.97 Å². The Hall–Kier alpha value is -2.52. The van der Waals surface area contributed by atoms with E-state index in [1.165, 1.54) is 29.2 Å². The van der Waals surface area contributed by atoms with E-state index in [-0.39, 0.29) is 56.6 Å². The van der Waals surface area contributed by atoms with Gasteiger partial charge in [-0.1, -0.05) is 31.9 Å². The van der Waals surface area contributed by atoms with Crippen LogP contribution < -0.4 is 10.2 Å². The molecule has 6 atom stereocenters. The van der Waals surface area contributed by atoms with Gasteiger partial charge in [-0.25, -0.2) is 4.79 Å². The van der Waals surface area contributed by atoms with Crippen molar-refractivity contribution in [2.75, 3.05) is 10.2 Å². The van der Waals surface area contributed by atoms with Crippen LogP contribution in [0.25, 0.3) is 0 Å². The van der Waals surface area contributed by atoms with E-state index in [0.717, 1.165) is 6.42 Å². The predicted molar refractivity (Wildman–Crippen MR) is 124 cm³/mol. The van der Waals surface area contributed by atoms with Gasteiger partial charge in [-0.2, -0.15) is 0 Å². The van der Waals surface area contributed by atoms with Gasteiger partial charge in [0.1, 0.15) is 0 Å². The molecule has 32 heavy (non-hydrogen) atoms. The third-order valence-electron chi connectivity index (χ3n) is 6.76. The fourth-order valence-electron chi connectivity index (χ4n) is 5.26. The summed E-state index contributed by atoms with van der Waals surface area (Å²) in [7, 11) is 0. The van der Waals surface area contributed by atoms with Gasteiger partial charge in [-0.15, -0.1) is 0 Å². The van der Waals surface area contributed by atoms with E-state index in [2.05, 4.69) is 37.2 Å². The number of halogens is 2. The topological polar surface area (TPSA) is 104 Å². The Bertz CT molecular complexity index is 1100. The number of anilines is 2. The van der Waals surface area contributed by atoms with Crippen molar-refractivity contribution in [2.45, 2.75) is 16.1 Å². The molecule has 1 saturated heterocycles. The summed E-state index contributed by atoms with van der Waals surface area (Å²) in [6.45, 7) is 0. The molecule has 1 heterocycles. The lowest BCUT2D eigenvalue weighted by Gasteiger charge is -2.28. The van der Waals surface area contributed by atoms with Crippen LogP contribution in [-0.2, 0) is 9.59 Å². The summed E-state index contributed by atoms with van der Waals surface area (Å²) in [6.07, 6.45) is 0.874. The molecular formula is C23H18Br2N2O5. The quantitative estimate of drug-likeness (QED) is 0.435. The molecule has 1 aliphatic heterocycles. The molecule has 164 valence electrons. The Balaban J connectivity index is 1.32. The highest BCUT2D eigenvalue weighted by Crippen LogP contribution is 2.60. The van der Waals surface area contributed by atoms with Crippen LogP contribution in [0.3, 0.4) is 0 Å². The fraction of sp³-hybridized carbons (Fsp3) is 0.304. The van der Waals surface area contributed by atoms with Gasteiger partial charge in [0.25, 0.3) is 5.91 Å². The van der Waals surface area contributed by atoms with E-state index in [9.17, 15) is 19.2 Å². The number of aromatic carboxylic acids is 1. The molecule has 5 rings (SSSR count). The highest BCUT2D eigenvalue weighted by molar-refractivity contribution is 9.12. The summed E-state index contributed by atoms with van der Waals surface area (Å²) in [5.74, 6) is -2.02. The zero-order chi connectivity index (χ0) is 22.7. The maximum Gasteiger partial charge on any atom is 0.335 e. The Labute approximate surface area is 200 Å². The number of nitrogens with one attached hydrogen (secondary N) is 1. The van der Waals surface area contributed by atoms with Crippen molar-refractivity contribution in [2.24, 2.45) is 23.7 Å². The molecule has 0 spiro atoms. The Morgan fingerprint density at radius 1 is 0.844 bits per heavy atom. The second-order valence-electron chi connectivity index (χ2n) is 8.40. The van der Waals surface area contributed by atoms with E-state index in [4.69, 9.17) is 5.11 Å². The zero-order valence-corrected chi connectivity index (χ0v) is 19.7. The maximum atomic E-state index is 13.1. The highest BCUT2D eigenvalue weighted by atomic mass is 79.9. The van der Waals surface area contributed by atoms with Gasteiger partial charge < -0.3 is 10.4 Å². The van der Waals surface area contributed by atoms with Crippen molar-refractivity contribution in [3.63, 3.8) is 0 Å². The van der Waals surface area contributed by atoms with Crippen LogP contribution in [-0.4, -0.2) is 38.5 Å². The molecule has 3 amide bonds. The van der Waals surface area contributed by atoms with Crippen molar-refractivity contribution in [3.8, 4) is 0 Å². The molecule has 2 saturated carbocycles. The van der Waals surface area contributed by atoms with Gasteiger partial charge in [0.05, 0.1) is 23.1 Å². The lowest BCUT2D eigenvalue weighted by molar-refractivity contribution is -0.123. The Morgan fingerprint density at radius 2 is 1.34 bits per heavy atom. The van der Waals surface area contributed by atoms with E-state index >= 15 is 0 Å². The molecule has 9 heteroatoms. The van der Waals surface area contributed by atoms with Gasteiger partial charge in [-0.05, 0) is 66.8 Å². The number of amides is 3. The second kappa shape index (κ2) is 7.81. The zero-order valence-electron chi connectivity index (χ0n) is 16.6. The summed E-state index contributed by atoms with van der Waals surface area (Å²) >= 11 is 7.36. The number of fused-ring (bicyclic) bond motifs is 5. The molecule has 3 fully saturated rings. The van der Waals surface area contributed by atoms with Crippen LogP contribution in [0, 0.1) is 23.7 Å². The molecule has 2 N–H and O–H groups in total. The molecule has 3 aliphatic rings. The summed E-state index contributed by atoms with van der Waals surface area (Å²) in [6, 6.07) is 12.2. The maximum absolute atomic E-state index is 13.1. The average molecular weight is 562 g/mol. The minimum atomic E-state index is -1.04. The SMILES string of the molecule is O=C(O)c1ccc(NC(=O)c2ccc(N3C(=O)[C@@H]4[C@H]5C[C@@H]([C@H](Br)[C@H]5Br)[C@@H]4C3=O)cc2)cc1. The van der Waals surface area contributed by atoms with Gasteiger partial charge in [0.2, 0.25) is 11.8 Å². The van der Waals surface area contributed by atoms with Crippen LogP contribution in [0.2, 0.25) is 0 Å². The molecule has 0 aromatic heterocycles. The number of imide groups is 1. The Morgan fingerprint density at radius 3 is 1.84 bits per heavy atom. The molecule has 0 unspecified atom stereocenters. The van der Waals surface area contributed by atoms with Crippen molar-refractivity contribution in [1.29, 1.82) is 0 Å². The number of nitrogens with zero attached hydrogens (tertiary/aromatic N) is 1. The molecular weight excluding hydrogens is 544 g/mol. The fourth-order valence-corrected chi connectivity index (χ4v) is 7.14. The van der Waals surface area contributed by atoms with Crippen molar-refractivity contribution in [1.82, 2.24) is 0 Å². The number of carbonyl (C=O) groups excluding carboxylic acids is 3. The first-order valence-corrected chi connectivity index (χ1v) is 12.0. The standard InChI is InChI=1S/C23H18Br2N2O5/c24-18-14-9-15(19(18)25)17-16(14)21(29)27(22(17)30)13-7-3-10(4-8-13)20(28)26-12-5-1-11(2-6-12)23(31)32/h1-8,14-19H,9H2,(H,26,28)(H,31,32)/t14-,15-,16-,17+,18+,19+/m1/s1. The lowest BCUT2D eigenvalue weighted by Crippen LogP contribution is -2.37. The van der Waals surface area contributed by atoms with Crippen LogP contribution in [0.1, 0.15) is 27.1 Å². The third kappa shape index (κ3) is 3.21.